The monoisotopic (exact) mass is 347 g/mol. The molecule has 1 aromatic carbocycles. The quantitative estimate of drug-likeness (QED) is 0.504. The second-order valence-corrected chi connectivity index (χ2v) is 6.81. The van der Waals surface area contributed by atoms with Crippen molar-refractivity contribution >= 4 is 5.96 Å². The number of hydrogen-bond donors (Lipinski definition) is 2. The van der Waals surface area contributed by atoms with E-state index < -0.39 is 0 Å². The van der Waals surface area contributed by atoms with E-state index in [1.807, 2.05) is 18.2 Å². The zero-order valence-electron chi connectivity index (χ0n) is 15.9. The first-order chi connectivity index (χ1) is 12.2. The van der Waals surface area contributed by atoms with Gasteiger partial charge >= 0.3 is 0 Å². The van der Waals surface area contributed by atoms with E-state index in [0.29, 0.717) is 12.0 Å². The summed E-state index contributed by atoms with van der Waals surface area (Å²) in [5, 5.41) is 6.77. The van der Waals surface area contributed by atoms with E-state index in [9.17, 15) is 0 Å². The van der Waals surface area contributed by atoms with Crippen LogP contribution in [0, 0.1) is 5.41 Å². The van der Waals surface area contributed by atoms with Gasteiger partial charge in [-0.2, -0.15) is 0 Å². The number of hydrogen-bond acceptors (Lipinski definition) is 3. The Labute approximate surface area is 152 Å². The molecule has 0 amide bonds. The largest absolute Gasteiger partial charge is 0.385 e. The van der Waals surface area contributed by atoms with Gasteiger partial charge in [-0.1, -0.05) is 36.8 Å². The number of nitrogens with one attached hydrogen (secondary N) is 2. The van der Waals surface area contributed by atoms with E-state index >= 15 is 0 Å². The molecule has 2 N–H and O–H groups in total. The summed E-state index contributed by atoms with van der Waals surface area (Å²) in [5.74, 6) is 0.865. The molecule has 0 aromatic heterocycles. The highest BCUT2D eigenvalue weighted by molar-refractivity contribution is 5.79. The molecule has 1 saturated carbocycles. The molecule has 5 heteroatoms. The van der Waals surface area contributed by atoms with Crippen LogP contribution in [0.25, 0.3) is 0 Å². The molecule has 1 aromatic rings. The van der Waals surface area contributed by atoms with Crippen LogP contribution >= 0.6 is 0 Å². The molecule has 0 radical (unpaired) electrons. The van der Waals surface area contributed by atoms with Gasteiger partial charge in [0.2, 0.25) is 0 Å². The van der Waals surface area contributed by atoms with Crippen LogP contribution < -0.4 is 10.6 Å². The highest BCUT2D eigenvalue weighted by atomic mass is 16.5. The van der Waals surface area contributed by atoms with Crippen LogP contribution in [0.2, 0.25) is 0 Å². The molecule has 0 saturated heterocycles. The third kappa shape index (κ3) is 6.01. The lowest BCUT2D eigenvalue weighted by molar-refractivity contribution is 0.0777. The van der Waals surface area contributed by atoms with Crippen LogP contribution in [0.15, 0.2) is 35.3 Å². The van der Waals surface area contributed by atoms with Gasteiger partial charge in [0.25, 0.3) is 0 Å². The maximum Gasteiger partial charge on any atom is 0.191 e. The first-order valence-corrected chi connectivity index (χ1v) is 9.32. The molecule has 1 aliphatic carbocycles. The van der Waals surface area contributed by atoms with Gasteiger partial charge in [-0.25, -0.2) is 0 Å². The smallest absolute Gasteiger partial charge is 0.191 e. The Bertz CT molecular complexity index is 515. The van der Waals surface area contributed by atoms with E-state index in [2.05, 4.69) is 29.7 Å². The fourth-order valence-electron chi connectivity index (χ4n) is 3.27. The summed E-state index contributed by atoms with van der Waals surface area (Å²) in [4.78, 5) is 4.84. The minimum atomic E-state index is 0.0104. The van der Waals surface area contributed by atoms with E-state index in [-0.39, 0.29) is 6.10 Å². The molecule has 5 nitrogen and oxygen atoms in total. The Morgan fingerprint density at radius 1 is 1.20 bits per heavy atom. The van der Waals surface area contributed by atoms with Crippen molar-refractivity contribution in [3.8, 4) is 0 Å². The summed E-state index contributed by atoms with van der Waals surface area (Å²) in [7, 11) is 3.52. The Morgan fingerprint density at radius 3 is 2.52 bits per heavy atom. The second-order valence-electron chi connectivity index (χ2n) is 6.81. The number of rotatable bonds is 10. The third-order valence-electron chi connectivity index (χ3n) is 5.08. The Morgan fingerprint density at radius 2 is 1.96 bits per heavy atom. The van der Waals surface area contributed by atoms with Gasteiger partial charge in [-0.15, -0.1) is 0 Å². The van der Waals surface area contributed by atoms with Gasteiger partial charge in [0.15, 0.2) is 5.96 Å². The highest BCUT2D eigenvalue weighted by Gasteiger charge is 2.36. The molecule has 1 unspecified atom stereocenters. The summed E-state index contributed by atoms with van der Waals surface area (Å²) in [6, 6.07) is 10.3. The standard InChI is InChI=1S/C20H33N3O2/c1-4-21-19(23-16-20(11-8-12-20)13-14-24-2)22-15-18(25-3)17-9-6-5-7-10-17/h5-7,9-10,18H,4,8,11-16H2,1-3H3,(H2,21,22,23). The van der Waals surface area contributed by atoms with Crippen LogP contribution in [-0.4, -0.2) is 46.4 Å². The lowest BCUT2D eigenvalue weighted by Gasteiger charge is -2.40. The molecule has 0 aliphatic heterocycles. The minimum absolute atomic E-state index is 0.0104. The van der Waals surface area contributed by atoms with Gasteiger partial charge in [-0.3, -0.25) is 4.99 Å². The van der Waals surface area contributed by atoms with Gasteiger partial charge in [0.1, 0.15) is 0 Å². The molecule has 1 aliphatic rings. The summed E-state index contributed by atoms with van der Waals surface area (Å²) in [5.41, 5.74) is 1.50. The topological polar surface area (TPSA) is 54.9 Å². The van der Waals surface area contributed by atoms with Crippen molar-refractivity contribution in [1.29, 1.82) is 0 Å². The number of ether oxygens (including phenoxy) is 2. The van der Waals surface area contributed by atoms with Crippen LogP contribution in [0.1, 0.15) is 44.3 Å². The summed E-state index contributed by atoms with van der Waals surface area (Å²) in [6.07, 6.45) is 4.92. The summed E-state index contributed by atoms with van der Waals surface area (Å²) < 4.78 is 10.9. The number of nitrogens with zero attached hydrogens (tertiary/aromatic N) is 1. The Kier molecular flexibility index (Phi) is 8.22. The van der Waals surface area contributed by atoms with Crippen LogP contribution in [0.3, 0.4) is 0 Å². The maximum absolute atomic E-state index is 5.63. The van der Waals surface area contributed by atoms with Crippen molar-refractivity contribution in [3.05, 3.63) is 35.9 Å². The van der Waals surface area contributed by atoms with Crippen molar-refractivity contribution in [2.75, 3.05) is 40.5 Å². The molecule has 25 heavy (non-hydrogen) atoms. The molecule has 0 spiro atoms. The molecule has 1 atom stereocenters. The van der Waals surface area contributed by atoms with Crippen molar-refractivity contribution in [3.63, 3.8) is 0 Å². The van der Waals surface area contributed by atoms with Crippen molar-refractivity contribution < 1.29 is 9.47 Å². The van der Waals surface area contributed by atoms with Crippen LogP contribution in [0.4, 0.5) is 0 Å². The number of guanidine groups is 1. The fraction of sp³-hybridized carbons (Fsp3) is 0.650. The molecular weight excluding hydrogens is 314 g/mol. The van der Waals surface area contributed by atoms with E-state index in [0.717, 1.165) is 32.1 Å². The number of benzene rings is 1. The van der Waals surface area contributed by atoms with E-state index in [1.165, 1.54) is 24.8 Å². The molecule has 140 valence electrons. The SMILES string of the molecule is CCNC(=NCC1(CCOC)CCC1)NCC(OC)c1ccccc1. The zero-order valence-corrected chi connectivity index (χ0v) is 15.9. The predicted octanol–water partition coefficient (Wildman–Crippen LogP) is 3.14. The van der Waals surface area contributed by atoms with Crippen LogP contribution in [0.5, 0.6) is 0 Å². The van der Waals surface area contributed by atoms with Gasteiger partial charge in [0, 0.05) is 40.5 Å². The number of methoxy groups -OCH3 is 2. The predicted molar refractivity (Wildman–Crippen MR) is 103 cm³/mol. The first-order valence-electron chi connectivity index (χ1n) is 9.32. The number of aliphatic imine (C=N–C) groups is 1. The highest BCUT2D eigenvalue weighted by Crippen LogP contribution is 2.44. The van der Waals surface area contributed by atoms with Crippen molar-refractivity contribution in [1.82, 2.24) is 10.6 Å². The fourth-order valence-corrected chi connectivity index (χ4v) is 3.27. The maximum atomic E-state index is 5.63. The Balaban J connectivity index is 1.92. The van der Waals surface area contributed by atoms with Gasteiger partial charge < -0.3 is 20.1 Å². The molecular formula is C20H33N3O2. The first kappa shape index (κ1) is 19.7. The molecule has 0 heterocycles. The van der Waals surface area contributed by atoms with Crippen molar-refractivity contribution in [2.45, 2.75) is 38.7 Å². The van der Waals surface area contributed by atoms with Crippen LogP contribution in [-0.2, 0) is 9.47 Å². The summed E-state index contributed by atoms with van der Waals surface area (Å²) in [6.45, 7) is 5.30. The third-order valence-corrected chi connectivity index (χ3v) is 5.08. The van der Waals surface area contributed by atoms with Gasteiger partial charge in [0.05, 0.1) is 6.10 Å². The molecule has 2 rings (SSSR count). The van der Waals surface area contributed by atoms with E-state index in [1.54, 1.807) is 14.2 Å². The molecule has 1 fully saturated rings. The zero-order chi connectivity index (χ0) is 18.0. The average Bonchev–Trinajstić information content (AvgIpc) is 2.61. The lowest BCUT2D eigenvalue weighted by Crippen LogP contribution is -2.41. The normalized spacial score (nSPS) is 17.6. The minimum Gasteiger partial charge on any atom is -0.385 e. The van der Waals surface area contributed by atoms with Crippen molar-refractivity contribution in [2.24, 2.45) is 10.4 Å². The second kappa shape index (κ2) is 10.4. The summed E-state index contributed by atoms with van der Waals surface area (Å²) >= 11 is 0. The lowest BCUT2D eigenvalue weighted by atomic mass is 9.67. The molecule has 0 bridgehead atoms. The van der Waals surface area contributed by atoms with Gasteiger partial charge in [-0.05, 0) is 37.2 Å². The van der Waals surface area contributed by atoms with E-state index in [4.69, 9.17) is 14.5 Å². The Hall–Kier alpha value is -1.59. The average molecular weight is 348 g/mol.